The fourth-order valence-electron chi connectivity index (χ4n) is 1.17. The van der Waals surface area contributed by atoms with E-state index in [2.05, 4.69) is 9.72 Å². The molecule has 1 aromatic heterocycles. The summed E-state index contributed by atoms with van der Waals surface area (Å²) in [7, 11) is 1.11. The normalized spacial score (nSPS) is 10.5. The van der Waals surface area contributed by atoms with Crippen molar-refractivity contribution in [1.29, 1.82) is 0 Å². The van der Waals surface area contributed by atoms with Crippen molar-refractivity contribution in [3.63, 3.8) is 0 Å². The minimum Gasteiger partial charge on any atom is -0.465 e. The molecule has 0 unspecified atom stereocenters. The number of halogens is 3. The molecule has 15 heavy (non-hydrogen) atoms. The van der Waals surface area contributed by atoms with Crippen molar-refractivity contribution < 1.29 is 18.3 Å². The van der Waals surface area contributed by atoms with E-state index < -0.39 is 18.0 Å². The number of esters is 1. The number of nitrogens with zero attached hydrogens (tertiary/aromatic N) is 1. The number of methoxy groups -OCH3 is 1. The summed E-state index contributed by atoms with van der Waals surface area (Å²) in [5.41, 5.74) is -0.627. The third kappa shape index (κ3) is 2.23. The Bertz CT molecular complexity index is 396. The van der Waals surface area contributed by atoms with E-state index in [4.69, 9.17) is 11.6 Å². The third-order valence-corrected chi connectivity index (χ3v) is 2.17. The van der Waals surface area contributed by atoms with Gasteiger partial charge in [0.05, 0.1) is 29.0 Å². The summed E-state index contributed by atoms with van der Waals surface area (Å²) in [4.78, 5) is 15.0. The summed E-state index contributed by atoms with van der Waals surface area (Å²) < 4.78 is 29.7. The number of ether oxygens (including phenoxy) is 1. The number of rotatable bonds is 2. The average molecular weight is 236 g/mol. The van der Waals surface area contributed by atoms with Crippen LogP contribution in [0.2, 0.25) is 5.02 Å². The van der Waals surface area contributed by atoms with Crippen molar-refractivity contribution in [1.82, 2.24) is 4.98 Å². The molecule has 0 aromatic carbocycles. The topological polar surface area (TPSA) is 39.2 Å². The molecule has 0 saturated carbocycles. The second-order valence-electron chi connectivity index (χ2n) is 2.77. The SMILES string of the molecule is COC(=O)c1c(C)ncc(Cl)c1C(F)F. The Morgan fingerprint density at radius 2 is 2.20 bits per heavy atom. The second-order valence-corrected chi connectivity index (χ2v) is 3.18. The smallest absolute Gasteiger partial charge is 0.340 e. The van der Waals surface area contributed by atoms with Gasteiger partial charge in [-0.25, -0.2) is 13.6 Å². The standard InChI is InChI=1S/C9H8ClF2NO2/c1-4-6(9(14)15-2)7(8(11)12)5(10)3-13-4/h3,8H,1-2H3. The highest BCUT2D eigenvalue weighted by molar-refractivity contribution is 6.31. The molecule has 0 fully saturated rings. The zero-order valence-electron chi connectivity index (χ0n) is 8.05. The molecule has 0 aliphatic carbocycles. The Kier molecular flexibility index (Phi) is 3.57. The highest BCUT2D eigenvalue weighted by atomic mass is 35.5. The Labute approximate surface area is 90.0 Å². The maximum absolute atomic E-state index is 12.6. The number of alkyl halides is 2. The summed E-state index contributed by atoms with van der Waals surface area (Å²) in [6, 6.07) is 0. The first kappa shape index (κ1) is 11.8. The number of aryl methyl sites for hydroxylation is 1. The number of hydrogen-bond acceptors (Lipinski definition) is 3. The van der Waals surface area contributed by atoms with E-state index in [0.29, 0.717) is 0 Å². The molecular formula is C9H8ClF2NO2. The van der Waals surface area contributed by atoms with Crippen LogP contribution in [-0.2, 0) is 4.74 Å². The van der Waals surface area contributed by atoms with E-state index in [1.807, 2.05) is 0 Å². The minimum atomic E-state index is -2.84. The molecule has 0 atom stereocenters. The average Bonchev–Trinajstić information content (AvgIpc) is 2.19. The Hall–Kier alpha value is -1.23. The highest BCUT2D eigenvalue weighted by Gasteiger charge is 2.24. The lowest BCUT2D eigenvalue weighted by atomic mass is 10.1. The quantitative estimate of drug-likeness (QED) is 0.740. The van der Waals surface area contributed by atoms with Crippen LogP contribution < -0.4 is 0 Å². The summed E-state index contributed by atoms with van der Waals surface area (Å²) in [6.45, 7) is 1.44. The van der Waals surface area contributed by atoms with Crippen molar-refractivity contribution in [3.8, 4) is 0 Å². The van der Waals surface area contributed by atoms with Gasteiger partial charge in [-0.2, -0.15) is 0 Å². The molecular weight excluding hydrogens is 228 g/mol. The van der Waals surface area contributed by atoms with Crippen molar-refractivity contribution in [2.24, 2.45) is 0 Å². The number of carbonyl (C=O) groups is 1. The minimum absolute atomic E-state index is 0.168. The van der Waals surface area contributed by atoms with Crippen molar-refractivity contribution in [2.75, 3.05) is 7.11 Å². The van der Waals surface area contributed by atoms with E-state index in [-0.39, 0.29) is 16.3 Å². The summed E-state index contributed by atoms with van der Waals surface area (Å²) in [5.74, 6) is -0.863. The maximum Gasteiger partial charge on any atom is 0.340 e. The van der Waals surface area contributed by atoms with Gasteiger partial charge in [-0.05, 0) is 6.92 Å². The van der Waals surface area contributed by atoms with Crippen LogP contribution in [0.4, 0.5) is 8.78 Å². The third-order valence-electron chi connectivity index (χ3n) is 1.87. The van der Waals surface area contributed by atoms with Crippen molar-refractivity contribution in [2.45, 2.75) is 13.3 Å². The summed E-state index contributed by atoms with van der Waals surface area (Å²) in [6.07, 6.45) is -1.75. The van der Waals surface area contributed by atoms with Gasteiger partial charge < -0.3 is 4.74 Å². The van der Waals surface area contributed by atoms with E-state index in [1.165, 1.54) is 6.92 Å². The summed E-state index contributed by atoms with van der Waals surface area (Å²) >= 11 is 5.55. The monoisotopic (exact) mass is 235 g/mol. The molecule has 0 N–H and O–H groups in total. The Morgan fingerprint density at radius 1 is 1.60 bits per heavy atom. The zero-order chi connectivity index (χ0) is 11.6. The molecule has 1 rings (SSSR count). The molecule has 1 aromatic rings. The van der Waals surface area contributed by atoms with E-state index in [0.717, 1.165) is 13.3 Å². The number of aromatic nitrogens is 1. The van der Waals surface area contributed by atoms with Gasteiger partial charge in [0.1, 0.15) is 0 Å². The molecule has 6 heteroatoms. The maximum atomic E-state index is 12.6. The van der Waals surface area contributed by atoms with Gasteiger partial charge in [0.25, 0.3) is 6.43 Å². The number of carbonyl (C=O) groups excluding carboxylic acids is 1. The van der Waals surface area contributed by atoms with Crippen LogP contribution in [0.25, 0.3) is 0 Å². The van der Waals surface area contributed by atoms with Gasteiger partial charge in [-0.3, -0.25) is 4.98 Å². The van der Waals surface area contributed by atoms with Crippen LogP contribution in [0, 0.1) is 6.92 Å². The van der Waals surface area contributed by atoms with Gasteiger partial charge >= 0.3 is 5.97 Å². The van der Waals surface area contributed by atoms with Gasteiger partial charge in [0.15, 0.2) is 0 Å². The molecule has 3 nitrogen and oxygen atoms in total. The lowest BCUT2D eigenvalue weighted by Gasteiger charge is -2.10. The van der Waals surface area contributed by atoms with Crippen LogP contribution >= 0.6 is 11.6 Å². The molecule has 82 valence electrons. The number of pyridine rings is 1. The predicted octanol–water partition coefficient (Wildman–Crippen LogP) is 2.77. The first-order valence-corrected chi connectivity index (χ1v) is 4.38. The van der Waals surface area contributed by atoms with Gasteiger partial charge in [0, 0.05) is 6.20 Å². The van der Waals surface area contributed by atoms with E-state index in [9.17, 15) is 13.6 Å². The number of hydrogen-bond donors (Lipinski definition) is 0. The van der Waals surface area contributed by atoms with Crippen molar-refractivity contribution in [3.05, 3.63) is 28.0 Å². The van der Waals surface area contributed by atoms with Crippen LogP contribution in [0.3, 0.4) is 0 Å². The largest absolute Gasteiger partial charge is 0.465 e. The Morgan fingerprint density at radius 3 is 2.67 bits per heavy atom. The molecule has 0 amide bonds. The van der Waals surface area contributed by atoms with Crippen LogP contribution in [-0.4, -0.2) is 18.1 Å². The predicted molar refractivity (Wildman–Crippen MR) is 50.3 cm³/mol. The van der Waals surface area contributed by atoms with Crippen LogP contribution in [0.5, 0.6) is 0 Å². The molecule has 0 saturated heterocycles. The lowest BCUT2D eigenvalue weighted by molar-refractivity contribution is 0.0587. The fraction of sp³-hybridized carbons (Fsp3) is 0.333. The van der Waals surface area contributed by atoms with Gasteiger partial charge in [0.2, 0.25) is 0 Å². The lowest BCUT2D eigenvalue weighted by Crippen LogP contribution is -2.10. The molecule has 0 spiro atoms. The first-order valence-electron chi connectivity index (χ1n) is 4.00. The van der Waals surface area contributed by atoms with E-state index >= 15 is 0 Å². The summed E-state index contributed by atoms with van der Waals surface area (Å²) in [5, 5.41) is -0.240. The second kappa shape index (κ2) is 4.53. The Balaban J connectivity index is 3.45. The van der Waals surface area contributed by atoms with E-state index in [1.54, 1.807) is 0 Å². The molecule has 0 bridgehead atoms. The molecule has 0 radical (unpaired) electrons. The molecule has 0 aliphatic heterocycles. The molecule has 0 aliphatic rings. The van der Waals surface area contributed by atoms with Crippen molar-refractivity contribution >= 4 is 17.6 Å². The highest BCUT2D eigenvalue weighted by Crippen LogP contribution is 2.31. The van der Waals surface area contributed by atoms with Gasteiger partial charge in [-0.1, -0.05) is 11.6 Å². The fourth-order valence-corrected chi connectivity index (χ4v) is 1.40. The van der Waals surface area contributed by atoms with Crippen LogP contribution in [0.1, 0.15) is 28.0 Å². The van der Waals surface area contributed by atoms with Gasteiger partial charge in [-0.15, -0.1) is 0 Å². The molecule has 1 heterocycles. The van der Waals surface area contributed by atoms with Crippen LogP contribution in [0.15, 0.2) is 6.20 Å². The zero-order valence-corrected chi connectivity index (χ0v) is 8.81. The first-order chi connectivity index (χ1) is 6.99.